The number of carboxylic acid groups (broad SMARTS) is 1. The van der Waals surface area contributed by atoms with Crippen LogP contribution in [-0.2, 0) is 69.7 Å². The Balaban J connectivity index is 0.677. The molecular weight excluding hydrogens is 1340 g/mol. The van der Waals surface area contributed by atoms with Gasteiger partial charge in [0.05, 0.1) is 34.4 Å². The van der Waals surface area contributed by atoms with Crippen LogP contribution in [0.1, 0.15) is 129 Å². The van der Waals surface area contributed by atoms with E-state index in [0.29, 0.717) is 71.4 Å². The number of pyridine rings is 1. The second-order valence-corrected chi connectivity index (χ2v) is 31.3. The fourth-order valence-corrected chi connectivity index (χ4v) is 18.6. The van der Waals surface area contributed by atoms with Gasteiger partial charge in [0.15, 0.2) is 10.8 Å². The standard InChI is InChI=1S/C71H83N13O15S2/c1-42(2)58(79-55(85)24-27-83-56(86)21-22-57(83)87)62(90)76-52(13-9-25-73-64(72)93)61(89)75-46-17-15-44(16-18-46)34-98-66(94)81(29-31-101(95,96)97)28-30-99-70-37-68(5)35-67(4)36-69(38-70,39-71(67,68)40-70)41-84-43(3)49(32-74-84)47-19-20-54(78-59(47)63(91)92)82-26-23-45-10-8-11-48(50(45)33-82)60(88)80-65-77-51-12-6-7-14-53(51)100-65/h6-8,10-12,14-22,32,42,52,58H,9,13,23-31,33-41H2,1-5H3,(H,75,89)(H,76,90)(H,79,85)(H,91,92)(H3,72,73,93)(H,77,80,88)(H,95,96,97)/t52-,58?,67?,68?,69?,70?,71?/m0/s1. The number of aromatic carboxylic acids is 1. The molecule has 1 spiro atoms. The summed E-state index contributed by atoms with van der Waals surface area (Å²) in [5, 5.41) is 29.8. The Hall–Kier alpha value is -9.65. The van der Waals surface area contributed by atoms with Crippen LogP contribution >= 0.6 is 11.3 Å². The van der Waals surface area contributed by atoms with E-state index in [0.717, 1.165) is 76.2 Å². The van der Waals surface area contributed by atoms with Gasteiger partial charge < -0.3 is 51.4 Å². The zero-order valence-corrected chi connectivity index (χ0v) is 58.5. The molecule has 3 bridgehead atoms. The molecule has 4 fully saturated rings. The van der Waals surface area contributed by atoms with Crippen molar-refractivity contribution in [1.29, 1.82) is 0 Å². The number of hydrogen-bond donors (Lipinski definition) is 8. The van der Waals surface area contributed by atoms with E-state index in [2.05, 4.69) is 45.4 Å². The van der Waals surface area contributed by atoms with Gasteiger partial charge in [0.2, 0.25) is 17.7 Å². The van der Waals surface area contributed by atoms with Crippen molar-refractivity contribution in [3.05, 3.63) is 131 Å². The molecule has 3 aromatic carbocycles. The number of para-hydroxylation sites is 1. The van der Waals surface area contributed by atoms with Gasteiger partial charge in [0.1, 0.15) is 24.5 Å². The zero-order valence-electron chi connectivity index (χ0n) is 56.8. The summed E-state index contributed by atoms with van der Waals surface area (Å²) in [4.78, 5) is 130. The maximum atomic E-state index is 13.9. The number of ether oxygens (including phenoxy) is 2. The minimum Gasteiger partial charge on any atom is -0.476 e. The number of nitrogens with zero attached hydrogens (tertiary/aromatic N) is 7. The number of amides is 9. The number of primary amides is 1. The van der Waals surface area contributed by atoms with Gasteiger partial charge >= 0.3 is 18.1 Å². The fraction of sp³-hybridized carbons (Fsp3) is 0.465. The highest BCUT2D eigenvalue weighted by Gasteiger charge is 2.84. The van der Waals surface area contributed by atoms with Crippen LogP contribution < -0.4 is 37.2 Å². The Labute approximate surface area is 587 Å². The molecule has 4 saturated carbocycles. The van der Waals surface area contributed by atoms with Crippen molar-refractivity contribution in [2.24, 2.45) is 33.3 Å². The monoisotopic (exact) mass is 1420 g/mol. The summed E-state index contributed by atoms with van der Waals surface area (Å²) in [6.07, 6.45) is 8.80. The van der Waals surface area contributed by atoms with Crippen molar-refractivity contribution < 1.29 is 70.7 Å². The summed E-state index contributed by atoms with van der Waals surface area (Å²) in [6, 6.07) is 20.2. The lowest BCUT2D eigenvalue weighted by Gasteiger charge is -2.64. The molecule has 3 aromatic heterocycles. The second-order valence-electron chi connectivity index (χ2n) is 28.7. The summed E-state index contributed by atoms with van der Waals surface area (Å²) < 4.78 is 49.8. The maximum Gasteiger partial charge on any atom is 0.410 e. The number of carboxylic acids is 1. The van der Waals surface area contributed by atoms with Crippen LogP contribution in [0, 0.1) is 34.5 Å². The van der Waals surface area contributed by atoms with E-state index in [1.165, 1.54) is 16.2 Å². The van der Waals surface area contributed by atoms with Crippen molar-refractivity contribution in [1.82, 2.24) is 45.5 Å². The van der Waals surface area contributed by atoms with Crippen LogP contribution in [-0.4, -0.2) is 164 Å². The van der Waals surface area contributed by atoms with Crippen molar-refractivity contribution in [3.63, 3.8) is 0 Å². The normalized spacial score (nSPS) is 22.9. The SMILES string of the molecule is Cc1c(-c2ccc(N3CCc4cccc(C(=O)Nc5nc6ccccc6s5)c4C3)nc2C(=O)O)cnn1CC12CC3(OCCN(CCS(=O)(=O)O)C(=O)OCc4ccc(NC(=O)[C@H](CCCNC(N)=O)NC(=O)C(NC(=O)CCN5C(=O)C=CC5=O)C(C)C)cc4)CC4(C)CC(C)(C1)C4(C2)C3. The number of urea groups is 1. The quantitative estimate of drug-likeness (QED) is 0.0129. The molecule has 12 rings (SSSR count). The highest BCUT2D eigenvalue weighted by atomic mass is 32.2. The molecule has 30 heteroatoms. The molecule has 101 heavy (non-hydrogen) atoms. The maximum absolute atomic E-state index is 13.9. The zero-order chi connectivity index (χ0) is 72.0. The van der Waals surface area contributed by atoms with Crippen molar-refractivity contribution in [3.8, 4) is 11.1 Å². The minimum absolute atomic E-state index is 0.0167. The van der Waals surface area contributed by atoms with Crippen LogP contribution in [0.15, 0.2) is 97.2 Å². The summed E-state index contributed by atoms with van der Waals surface area (Å²) in [5.41, 5.74) is 9.99. The molecule has 5 heterocycles. The van der Waals surface area contributed by atoms with E-state index in [4.69, 9.17) is 25.3 Å². The molecule has 2 aliphatic heterocycles. The number of carbonyl (C=O) groups excluding carboxylic acids is 8. The number of rotatable bonds is 29. The molecule has 9 amide bonds. The summed E-state index contributed by atoms with van der Waals surface area (Å²) in [7, 11) is -4.52. The van der Waals surface area contributed by atoms with Gasteiger partial charge in [-0.25, -0.2) is 24.4 Å². The molecule has 7 atom stereocenters. The average molecular weight is 1420 g/mol. The lowest BCUT2D eigenvalue weighted by Crippen LogP contribution is -2.57. The van der Waals surface area contributed by atoms with Crippen LogP contribution in [0.5, 0.6) is 0 Å². The molecule has 28 nitrogen and oxygen atoms in total. The van der Waals surface area contributed by atoms with Gasteiger partial charge in [0, 0.05) is 92.5 Å². The van der Waals surface area contributed by atoms with Crippen LogP contribution in [0.4, 0.5) is 26.2 Å². The van der Waals surface area contributed by atoms with E-state index in [-0.39, 0.29) is 85.4 Å². The van der Waals surface area contributed by atoms with Gasteiger partial charge in [0.25, 0.3) is 27.8 Å². The van der Waals surface area contributed by atoms with Crippen molar-refractivity contribution >= 4 is 102 Å². The number of nitrogens with one attached hydrogen (secondary N) is 5. The number of thiazole rings is 1. The van der Waals surface area contributed by atoms with Gasteiger partial charge in [-0.15, -0.1) is 0 Å². The van der Waals surface area contributed by atoms with E-state index in [9.17, 15) is 61.2 Å². The number of aromatic nitrogens is 4. The van der Waals surface area contributed by atoms with Gasteiger partial charge in [-0.2, -0.15) is 13.5 Å². The lowest BCUT2D eigenvalue weighted by atomic mass is 9.40. The second kappa shape index (κ2) is 28.1. The Morgan fingerprint density at radius 3 is 2.31 bits per heavy atom. The number of imide groups is 1. The molecule has 0 saturated heterocycles. The first-order chi connectivity index (χ1) is 48.0. The molecule has 0 radical (unpaired) electrons. The minimum atomic E-state index is -4.52. The molecule has 4 aliphatic carbocycles. The van der Waals surface area contributed by atoms with E-state index in [1.54, 1.807) is 56.4 Å². The number of nitrogens with two attached hydrogens (primary N) is 1. The molecule has 6 unspecified atom stereocenters. The average Bonchev–Trinajstić information content (AvgIpc) is 1.46. The molecule has 9 N–H and O–H groups in total. The number of hydrogen-bond acceptors (Lipinski definition) is 18. The molecule has 6 aliphatic rings. The fourth-order valence-electron chi connectivity index (χ4n) is 17.3. The third-order valence-electron chi connectivity index (χ3n) is 21.4. The highest BCUT2D eigenvalue weighted by Crippen LogP contribution is 2.89. The Bertz CT molecular complexity index is 4410. The Morgan fingerprint density at radius 1 is 0.832 bits per heavy atom. The van der Waals surface area contributed by atoms with Crippen LogP contribution in [0.2, 0.25) is 0 Å². The summed E-state index contributed by atoms with van der Waals surface area (Å²) >= 11 is 1.40. The molecule has 6 aromatic rings. The predicted molar refractivity (Wildman–Crippen MR) is 373 cm³/mol. The third-order valence-corrected chi connectivity index (χ3v) is 23.1. The first-order valence-electron chi connectivity index (χ1n) is 33.8. The topological polar surface area (TPSA) is 386 Å². The first kappa shape index (κ1) is 71.2. The molecular formula is C71H83N13O15S2. The van der Waals surface area contributed by atoms with Crippen molar-refractivity contribution in [2.75, 3.05) is 60.6 Å². The molecule has 534 valence electrons. The first-order valence-corrected chi connectivity index (χ1v) is 36.3. The smallest absolute Gasteiger partial charge is 0.410 e. The number of carbonyl (C=O) groups is 9. The van der Waals surface area contributed by atoms with Gasteiger partial charge in [-0.05, 0) is 151 Å². The summed E-state index contributed by atoms with van der Waals surface area (Å²) in [5.74, 6) is -5.26. The number of benzene rings is 3. The van der Waals surface area contributed by atoms with Crippen molar-refractivity contribution in [2.45, 2.75) is 136 Å². The number of fused-ring (bicyclic) bond motifs is 4. The van der Waals surface area contributed by atoms with E-state index in [1.807, 2.05) is 59.0 Å². The third kappa shape index (κ3) is 14.8. The summed E-state index contributed by atoms with van der Waals surface area (Å²) in [6.45, 7) is 10.7. The Morgan fingerprint density at radius 2 is 1.58 bits per heavy atom. The lowest BCUT2D eigenvalue weighted by molar-refractivity contribution is -0.158. The van der Waals surface area contributed by atoms with Gasteiger partial charge in [-0.1, -0.05) is 75.4 Å². The largest absolute Gasteiger partial charge is 0.476 e. The Kier molecular flexibility index (Phi) is 19.8. The van der Waals surface area contributed by atoms with Crippen LogP contribution in [0.3, 0.4) is 0 Å². The van der Waals surface area contributed by atoms with Gasteiger partial charge in [-0.3, -0.25) is 48.2 Å². The van der Waals surface area contributed by atoms with E-state index >= 15 is 0 Å². The number of anilines is 3. The van der Waals surface area contributed by atoms with Crippen LogP contribution in [0.25, 0.3) is 21.3 Å². The highest BCUT2D eigenvalue weighted by molar-refractivity contribution is 7.85. The predicted octanol–water partition coefficient (Wildman–Crippen LogP) is 7.37. The van der Waals surface area contributed by atoms with E-state index < -0.39 is 93.6 Å².